The predicted molar refractivity (Wildman–Crippen MR) is 75.4 cm³/mol. The molecule has 2 rings (SSSR count). The minimum atomic E-state index is -0.929. The average molecular weight is 286 g/mol. The molecule has 1 saturated heterocycles. The van der Waals surface area contributed by atoms with Crippen molar-refractivity contribution >= 4 is 23.8 Å². The van der Waals surface area contributed by atoms with Gasteiger partial charge < -0.3 is 14.9 Å². The van der Waals surface area contributed by atoms with Crippen molar-refractivity contribution in [3.8, 4) is 0 Å². The minimum absolute atomic E-state index is 0.103. The molecular weight excluding hydrogens is 264 g/mol. The number of thioether (sulfide) groups is 1. The van der Waals surface area contributed by atoms with Gasteiger partial charge >= 0.3 is 12.0 Å². The highest BCUT2D eigenvalue weighted by atomic mass is 32.2. The van der Waals surface area contributed by atoms with E-state index in [4.69, 9.17) is 5.11 Å². The van der Waals surface area contributed by atoms with E-state index >= 15 is 0 Å². The zero-order chi connectivity index (χ0) is 14.0. The third-order valence-corrected chi connectivity index (χ3v) is 4.69. The van der Waals surface area contributed by atoms with Gasteiger partial charge in [0.25, 0.3) is 0 Å². The highest BCUT2D eigenvalue weighted by Crippen LogP contribution is 2.31. The van der Waals surface area contributed by atoms with Crippen LogP contribution in [0.3, 0.4) is 0 Å². The van der Waals surface area contributed by atoms with E-state index in [0.717, 1.165) is 12.8 Å². The Morgan fingerprint density at radius 2 is 1.84 bits per heavy atom. The molecule has 1 saturated carbocycles. The maximum atomic E-state index is 12.5. The molecule has 0 aromatic carbocycles. The van der Waals surface area contributed by atoms with E-state index in [9.17, 15) is 9.59 Å². The van der Waals surface area contributed by atoms with Crippen molar-refractivity contribution in [2.24, 2.45) is 5.92 Å². The largest absolute Gasteiger partial charge is 0.480 e. The summed E-state index contributed by atoms with van der Waals surface area (Å²) >= 11 is 1.89. The molecule has 0 spiro atoms. The first kappa shape index (κ1) is 14.5. The van der Waals surface area contributed by atoms with Crippen LogP contribution in [-0.4, -0.2) is 63.6 Å². The van der Waals surface area contributed by atoms with Crippen LogP contribution in [0.1, 0.15) is 26.7 Å². The van der Waals surface area contributed by atoms with Crippen molar-refractivity contribution in [3.05, 3.63) is 0 Å². The fraction of sp³-hybridized carbons (Fsp3) is 0.846. The van der Waals surface area contributed by atoms with Gasteiger partial charge in [0.05, 0.1) is 0 Å². The van der Waals surface area contributed by atoms with E-state index in [2.05, 4.69) is 13.8 Å². The minimum Gasteiger partial charge on any atom is -0.480 e. The lowest BCUT2D eigenvalue weighted by Gasteiger charge is -2.37. The van der Waals surface area contributed by atoms with Gasteiger partial charge in [-0.25, -0.2) is 4.79 Å². The Morgan fingerprint density at radius 3 is 2.32 bits per heavy atom. The zero-order valence-corrected chi connectivity index (χ0v) is 12.4. The quantitative estimate of drug-likeness (QED) is 0.855. The molecule has 1 N–H and O–H groups in total. The summed E-state index contributed by atoms with van der Waals surface area (Å²) in [7, 11) is 0. The molecular formula is C13H22N2O3S. The lowest BCUT2D eigenvalue weighted by Crippen LogP contribution is -2.51. The maximum absolute atomic E-state index is 12.5. The van der Waals surface area contributed by atoms with Gasteiger partial charge in [0.1, 0.15) is 6.54 Å². The highest BCUT2D eigenvalue weighted by molar-refractivity contribution is 8.00. The summed E-state index contributed by atoms with van der Waals surface area (Å²) in [5.74, 6) is -0.418. The van der Waals surface area contributed by atoms with Gasteiger partial charge in [0.15, 0.2) is 0 Å². The number of carboxylic acid groups (broad SMARTS) is 1. The number of amides is 2. The number of nitrogens with zero attached hydrogens (tertiary/aromatic N) is 2. The Bertz CT molecular complexity index is 350. The standard InChI is InChI=1S/C13H22N2O3S/c1-9-5-14(6-10(2)19-9)13(18)15(8-12(16)17)7-11-3-4-11/h9-11H,3-8H2,1-2H3,(H,16,17). The topological polar surface area (TPSA) is 60.9 Å². The molecule has 5 nitrogen and oxygen atoms in total. The van der Waals surface area contributed by atoms with Crippen LogP contribution < -0.4 is 0 Å². The molecule has 0 bridgehead atoms. The van der Waals surface area contributed by atoms with Gasteiger partial charge in [-0.1, -0.05) is 13.8 Å². The van der Waals surface area contributed by atoms with Gasteiger partial charge in [-0.15, -0.1) is 0 Å². The summed E-state index contributed by atoms with van der Waals surface area (Å²) < 4.78 is 0. The normalized spacial score (nSPS) is 27.2. The van der Waals surface area contributed by atoms with E-state index in [1.54, 1.807) is 0 Å². The van der Waals surface area contributed by atoms with Crippen molar-refractivity contribution in [1.29, 1.82) is 0 Å². The first-order valence-electron chi connectivity index (χ1n) is 6.86. The molecule has 108 valence electrons. The lowest BCUT2D eigenvalue weighted by molar-refractivity contribution is -0.137. The second kappa shape index (κ2) is 6.03. The van der Waals surface area contributed by atoms with Crippen LogP contribution in [-0.2, 0) is 4.79 Å². The van der Waals surface area contributed by atoms with Gasteiger partial charge in [-0.3, -0.25) is 4.79 Å². The van der Waals surface area contributed by atoms with Crippen molar-refractivity contribution in [1.82, 2.24) is 9.80 Å². The third kappa shape index (κ3) is 4.30. The van der Waals surface area contributed by atoms with Gasteiger partial charge in [0, 0.05) is 30.1 Å². The first-order chi connectivity index (χ1) is 8.95. The monoisotopic (exact) mass is 286 g/mol. The fourth-order valence-corrected chi connectivity index (χ4v) is 3.84. The number of rotatable bonds is 4. The molecule has 0 radical (unpaired) electrons. The van der Waals surface area contributed by atoms with E-state index in [0.29, 0.717) is 36.1 Å². The number of urea groups is 1. The van der Waals surface area contributed by atoms with E-state index in [1.165, 1.54) is 4.90 Å². The maximum Gasteiger partial charge on any atom is 0.323 e. The molecule has 19 heavy (non-hydrogen) atoms. The van der Waals surface area contributed by atoms with Crippen LogP contribution in [0.5, 0.6) is 0 Å². The molecule has 2 atom stereocenters. The predicted octanol–water partition coefficient (Wildman–Crippen LogP) is 1.73. The molecule has 2 amide bonds. The molecule has 2 aliphatic rings. The van der Waals surface area contributed by atoms with E-state index in [-0.39, 0.29) is 12.6 Å². The van der Waals surface area contributed by atoms with Gasteiger partial charge in [0.2, 0.25) is 0 Å². The SMILES string of the molecule is CC1CN(C(=O)N(CC(=O)O)CC2CC2)CC(C)S1. The summed E-state index contributed by atoms with van der Waals surface area (Å²) in [4.78, 5) is 26.7. The third-order valence-electron chi connectivity index (χ3n) is 3.46. The van der Waals surface area contributed by atoms with Crippen LogP contribution >= 0.6 is 11.8 Å². The average Bonchev–Trinajstić information content (AvgIpc) is 3.09. The summed E-state index contributed by atoms with van der Waals surface area (Å²) in [6.45, 7) is 6.08. The number of aliphatic carboxylic acids is 1. The zero-order valence-electron chi connectivity index (χ0n) is 11.5. The molecule has 0 aromatic rings. The Hall–Kier alpha value is -0.910. The number of carbonyl (C=O) groups is 2. The molecule has 2 unspecified atom stereocenters. The van der Waals surface area contributed by atoms with Crippen LogP contribution in [0.4, 0.5) is 4.79 Å². The molecule has 1 heterocycles. The number of carboxylic acids is 1. The molecule has 6 heteroatoms. The Kier molecular flexibility index (Phi) is 4.60. The first-order valence-corrected chi connectivity index (χ1v) is 7.81. The van der Waals surface area contributed by atoms with Crippen molar-refractivity contribution < 1.29 is 14.7 Å². The molecule has 1 aliphatic carbocycles. The Balaban J connectivity index is 1.98. The second-order valence-corrected chi connectivity index (χ2v) is 7.54. The fourth-order valence-electron chi connectivity index (χ4n) is 2.52. The summed E-state index contributed by atoms with van der Waals surface area (Å²) in [5.41, 5.74) is 0. The van der Waals surface area contributed by atoms with Gasteiger partial charge in [-0.05, 0) is 18.8 Å². The Morgan fingerprint density at radius 1 is 1.26 bits per heavy atom. The summed E-state index contributed by atoms with van der Waals surface area (Å²) in [5, 5.41) is 9.79. The smallest absolute Gasteiger partial charge is 0.323 e. The molecule has 1 aliphatic heterocycles. The second-order valence-electron chi connectivity index (χ2n) is 5.66. The highest BCUT2D eigenvalue weighted by Gasteiger charge is 2.33. The lowest BCUT2D eigenvalue weighted by atomic mass is 10.3. The van der Waals surface area contributed by atoms with Crippen LogP contribution in [0.2, 0.25) is 0 Å². The summed E-state index contributed by atoms with van der Waals surface area (Å²) in [6, 6.07) is -0.103. The van der Waals surface area contributed by atoms with Crippen LogP contribution in [0.25, 0.3) is 0 Å². The van der Waals surface area contributed by atoms with Gasteiger partial charge in [-0.2, -0.15) is 11.8 Å². The van der Waals surface area contributed by atoms with Crippen LogP contribution in [0, 0.1) is 5.92 Å². The van der Waals surface area contributed by atoms with Crippen molar-refractivity contribution in [3.63, 3.8) is 0 Å². The van der Waals surface area contributed by atoms with Crippen LogP contribution in [0.15, 0.2) is 0 Å². The summed E-state index contributed by atoms with van der Waals surface area (Å²) in [6.07, 6.45) is 2.23. The van der Waals surface area contributed by atoms with E-state index in [1.807, 2.05) is 16.7 Å². The Labute approximate surface area is 118 Å². The molecule has 2 fully saturated rings. The van der Waals surface area contributed by atoms with E-state index < -0.39 is 5.97 Å². The number of hydrogen-bond acceptors (Lipinski definition) is 3. The molecule has 0 aromatic heterocycles. The van der Waals surface area contributed by atoms with Crippen molar-refractivity contribution in [2.75, 3.05) is 26.2 Å². The number of hydrogen-bond donors (Lipinski definition) is 1. The van der Waals surface area contributed by atoms with Crippen molar-refractivity contribution in [2.45, 2.75) is 37.2 Å². The number of carbonyl (C=O) groups excluding carboxylic acids is 1.